The van der Waals surface area contributed by atoms with Gasteiger partial charge in [-0.25, -0.2) is 4.57 Å². The van der Waals surface area contributed by atoms with E-state index in [0.717, 1.165) is 51.4 Å². The van der Waals surface area contributed by atoms with Crippen LogP contribution in [0.1, 0.15) is 188 Å². The molecule has 0 saturated heterocycles. The van der Waals surface area contributed by atoms with Gasteiger partial charge >= 0.3 is 7.82 Å². The van der Waals surface area contributed by atoms with Gasteiger partial charge in [-0.3, -0.25) is 4.52 Å². The van der Waals surface area contributed by atoms with Crippen LogP contribution in [0.4, 0.5) is 0 Å². The lowest BCUT2D eigenvalue weighted by Gasteiger charge is -2.34. The van der Waals surface area contributed by atoms with Gasteiger partial charge in [-0.2, -0.15) is 0 Å². The maximum Gasteiger partial charge on any atom is 0.470 e. The Kier molecular flexibility index (Phi) is 24.5. The first-order chi connectivity index (χ1) is 16.9. The fourth-order valence-electron chi connectivity index (χ4n) is 5.44. The zero-order chi connectivity index (χ0) is 26.1. The minimum Gasteiger partial charge on any atom is -0.303 e. The third-order valence-corrected chi connectivity index (χ3v) is 8.12. The molecule has 4 nitrogen and oxygen atoms in total. The lowest BCUT2D eigenvalue weighted by molar-refractivity contribution is 0.00682. The highest BCUT2D eigenvalue weighted by molar-refractivity contribution is 7.46. The minimum absolute atomic E-state index is 0.646. The van der Waals surface area contributed by atoms with Crippen LogP contribution in [0.3, 0.4) is 0 Å². The topological polar surface area (TPSA) is 66.8 Å². The average Bonchev–Trinajstić information content (AvgIpc) is 2.80. The molecule has 0 radical (unpaired) electrons. The third-order valence-electron chi connectivity index (χ3n) is 7.49. The predicted octanol–water partition coefficient (Wildman–Crippen LogP) is 11.0. The summed E-state index contributed by atoms with van der Waals surface area (Å²) in [6, 6.07) is 0. The second-order valence-corrected chi connectivity index (χ2v) is 12.2. The van der Waals surface area contributed by atoms with Crippen molar-refractivity contribution >= 4 is 7.82 Å². The molecule has 0 aromatic carbocycles. The number of hydrogen-bond acceptors (Lipinski definition) is 2. The molecular formula is C30H63O4P. The zero-order valence-electron chi connectivity index (χ0n) is 24.0. The molecule has 0 amide bonds. The molecule has 0 aliphatic carbocycles. The molecule has 0 aromatic rings. The van der Waals surface area contributed by atoms with Crippen molar-refractivity contribution < 1.29 is 18.9 Å². The fourth-order valence-corrected chi connectivity index (χ4v) is 6.22. The van der Waals surface area contributed by atoms with Crippen LogP contribution >= 0.6 is 7.82 Å². The molecule has 35 heavy (non-hydrogen) atoms. The zero-order valence-corrected chi connectivity index (χ0v) is 24.9. The van der Waals surface area contributed by atoms with Gasteiger partial charge in [0.1, 0.15) is 0 Å². The van der Waals surface area contributed by atoms with Gasteiger partial charge in [-0.05, 0) is 19.3 Å². The van der Waals surface area contributed by atoms with Crippen molar-refractivity contribution in [2.75, 3.05) is 0 Å². The summed E-state index contributed by atoms with van der Waals surface area (Å²) in [5, 5.41) is 0. The van der Waals surface area contributed by atoms with Gasteiger partial charge < -0.3 is 9.79 Å². The summed E-state index contributed by atoms with van der Waals surface area (Å²) in [5.41, 5.74) is -0.646. The van der Waals surface area contributed by atoms with Crippen molar-refractivity contribution in [3.8, 4) is 0 Å². The lowest BCUT2D eigenvalue weighted by Crippen LogP contribution is -2.31. The van der Waals surface area contributed by atoms with Gasteiger partial charge in [0.15, 0.2) is 0 Å². The summed E-state index contributed by atoms with van der Waals surface area (Å²) in [5.74, 6) is 0. The largest absolute Gasteiger partial charge is 0.470 e. The van der Waals surface area contributed by atoms with E-state index in [1.807, 2.05) is 0 Å². The van der Waals surface area contributed by atoms with E-state index in [9.17, 15) is 14.4 Å². The third kappa shape index (κ3) is 24.2. The Morgan fingerprint density at radius 3 is 1.00 bits per heavy atom. The maximum absolute atomic E-state index is 11.8. The summed E-state index contributed by atoms with van der Waals surface area (Å²) in [6.07, 6.45) is 31.5. The molecule has 0 unspecified atom stereocenters. The van der Waals surface area contributed by atoms with E-state index < -0.39 is 13.4 Å². The second-order valence-electron chi connectivity index (χ2n) is 11.1. The highest BCUT2D eigenvalue weighted by Crippen LogP contribution is 2.47. The molecule has 0 aromatic heterocycles. The summed E-state index contributed by atoms with van der Waals surface area (Å²) >= 11 is 0. The van der Waals surface area contributed by atoms with Crippen molar-refractivity contribution in [2.45, 2.75) is 193 Å². The van der Waals surface area contributed by atoms with Crippen molar-refractivity contribution in [1.82, 2.24) is 0 Å². The Balaban J connectivity index is 4.18. The van der Waals surface area contributed by atoms with E-state index in [0.29, 0.717) is 0 Å². The number of phosphoric acid groups is 1. The number of rotatable bonds is 28. The summed E-state index contributed by atoms with van der Waals surface area (Å²) in [4.78, 5) is 19.2. The maximum atomic E-state index is 11.8. The Morgan fingerprint density at radius 1 is 0.457 bits per heavy atom. The molecule has 0 rings (SSSR count). The van der Waals surface area contributed by atoms with E-state index in [-0.39, 0.29) is 0 Å². The summed E-state index contributed by atoms with van der Waals surface area (Å²) in [6.45, 7) is 6.62. The van der Waals surface area contributed by atoms with Crippen LogP contribution in [-0.4, -0.2) is 15.4 Å². The minimum atomic E-state index is -4.48. The van der Waals surface area contributed by atoms with Crippen molar-refractivity contribution in [1.29, 1.82) is 0 Å². The van der Waals surface area contributed by atoms with E-state index >= 15 is 0 Å². The Labute approximate surface area is 220 Å². The Bertz CT molecular complexity index is 451. The molecule has 0 atom stereocenters. The highest BCUT2D eigenvalue weighted by Gasteiger charge is 2.36. The van der Waals surface area contributed by atoms with Gasteiger partial charge in [-0.15, -0.1) is 0 Å². The Morgan fingerprint density at radius 2 is 0.743 bits per heavy atom. The quantitative estimate of drug-likeness (QED) is 0.0798. The molecule has 0 aliphatic heterocycles. The van der Waals surface area contributed by atoms with Gasteiger partial charge in [0.05, 0.1) is 5.60 Å². The second kappa shape index (κ2) is 24.4. The van der Waals surface area contributed by atoms with E-state index in [2.05, 4.69) is 20.8 Å². The van der Waals surface area contributed by atoms with Crippen LogP contribution < -0.4 is 0 Å². The van der Waals surface area contributed by atoms with E-state index in [1.54, 1.807) is 0 Å². The first-order valence-electron chi connectivity index (χ1n) is 15.7. The average molecular weight is 519 g/mol. The van der Waals surface area contributed by atoms with Gasteiger partial charge in [0.25, 0.3) is 0 Å². The molecule has 0 spiro atoms. The molecule has 212 valence electrons. The van der Waals surface area contributed by atoms with Crippen molar-refractivity contribution in [2.24, 2.45) is 0 Å². The monoisotopic (exact) mass is 518 g/mol. The lowest BCUT2D eigenvalue weighted by atomic mass is 9.86. The molecule has 0 heterocycles. The van der Waals surface area contributed by atoms with Crippen molar-refractivity contribution in [3.05, 3.63) is 0 Å². The van der Waals surface area contributed by atoms with Crippen LogP contribution in [0.25, 0.3) is 0 Å². The normalized spacial score (nSPS) is 12.5. The van der Waals surface area contributed by atoms with Crippen LogP contribution in [0.5, 0.6) is 0 Å². The molecule has 2 N–H and O–H groups in total. The number of unbranched alkanes of at least 4 members (excludes halogenated alkanes) is 20. The number of hydrogen-bond donors (Lipinski definition) is 2. The first kappa shape index (κ1) is 35.1. The van der Waals surface area contributed by atoms with Crippen molar-refractivity contribution in [3.63, 3.8) is 0 Å². The number of phosphoric ester groups is 1. The Hall–Kier alpha value is 0.110. The molecule has 0 fully saturated rings. The highest BCUT2D eigenvalue weighted by atomic mass is 31.2. The van der Waals surface area contributed by atoms with E-state index in [4.69, 9.17) is 4.52 Å². The smallest absolute Gasteiger partial charge is 0.303 e. The van der Waals surface area contributed by atoms with Crippen LogP contribution in [0.15, 0.2) is 0 Å². The molecular weight excluding hydrogens is 455 g/mol. The van der Waals surface area contributed by atoms with Crippen LogP contribution in [0.2, 0.25) is 0 Å². The summed E-state index contributed by atoms with van der Waals surface area (Å²) < 4.78 is 17.3. The van der Waals surface area contributed by atoms with Crippen LogP contribution in [0, 0.1) is 0 Å². The SMILES string of the molecule is CCCCCCCCCCCCCC(CCC)(CCCCCCCCCCCCC)OP(=O)(O)O. The van der Waals surface area contributed by atoms with Gasteiger partial charge in [0, 0.05) is 0 Å². The molecule has 0 aliphatic rings. The van der Waals surface area contributed by atoms with Crippen LogP contribution in [-0.2, 0) is 9.09 Å². The summed E-state index contributed by atoms with van der Waals surface area (Å²) in [7, 11) is -4.48. The molecule has 0 saturated carbocycles. The van der Waals surface area contributed by atoms with Gasteiger partial charge in [0.2, 0.25) is 0 Å². The fraction of sp³-hybridized carbons (Fsp3) is 1.00. The molecule has 5 heteroatoms. The first-order valence-corrected chi connectivity index (χ1v) is 17.2. The van der Waals surface area contributed by atoms with E-state index in [1.165, 1.54) is 116 Å². The molecule has 0 bridgehead atoms. The van der Waals surface area contributed by atoms with Gasteiger partial charge in [-0.1, -0.05) is 168 Å². The standard InChI is InChI=1S/C30H63O4P/c1-4-7-9-11-13-15-17-19-21-23-25-28-30(27-6-3,34-35(31,32)33)29-26-24-22-20-18-16-14-12-10-8-5-2/h4-29H2,1-3H3,(H2,31,32,33). The predicted molar refractivity (Wildman–Crippen MR) is 153 cm³/mol.